The van der Waals surface area contributed by atoms with Gasteiger partial charge in [-0.2, -0.15) is 5.10 Å². The highest BCUT2D eigenvalue weighted by Crippen LogP contribution is 2.22. The molecular formula is C21H20ClN3O3. The third kappa shape index (κ3) is 4.03. The molecule has 1 aromatic heterocycles. The molecule has 0 unspecified atom stereocenters. The van der Waals surface area contributed by atoms with Gasteiger partial charge in [-0.15, -0.1) is 0 Å². The fourth-order valence-corrected chi connectivity index (χ4v) is 3.27. The molecule has 1 N–H and O–H groups in total. The van der Waals surface area contributed by atoms with Crippen molar-refractivity contribution in [1.29, 1.82) is 0 Å². The molecule has 1 aliphatic heterocycles. The molecule has 4 rings (SSSR count). The number of rotatable bonds is 5. The Labute approximate surface area is 168 Å². The van der Waals surface area contributed by atoms with Crippen molar-refractivity contribution in [3.05, 3.63) is 71.0 Å². The SMILES string of the molecule is Cc1cn(-c2ccccc2Cl)nc1C(=O)Nc1ccc(O[C@@H]2CCOC2)cc1. The highest BCUT2D eigenvalue weighted by molar-refractivity contribution is 6.32. The summed E-state index contributed by atoms with van der Waals surface area (Å²) in [4.78, 5) is 12.7. The second kappa shape index (κ2) is 8.04. The minimum absolute atomic E-state index is 0.0943. The smallest absolute Gasteiger partial charge is 0.276 e. The summed E-state index contributed by atoms with van der Waals surface area (Å²) in [7, 11) is 0. The number of hydrogen-bond donors (Lipinski definition) is 1. The number of aryl methyl sites for hydroxylation is 1. The quantitative estimate of drug-likeness (QED) is 0.698. The number of carbonyl (C=O) groups excluding carboxylic acids is 1. The van der Waals surface area contributed by atoms with Crippen molar-refractivity contribution in [1.82, 2.24) is 9.78 Å². The van der Waals surface area contributed by atoms with Crippen molar-refractivity contribution in [2.45, 2.75) is 19.4 Å². The first-order valence-corrected chi connectivity index (χ1v) is 9.45. The average Bonchev–Trinajstić information content (AvgIpc) is 3.33. The third-order valence-electron chi connectivity index (χ3n) is 4.51. The van der Waals surface area contributed by atoms with E-state index in [1.165, 1.54) is 0 Å². The van der Waals surface area contributed by atoms with Crippen LogP contribution in [0.4, 0.5) is 5.69 Å². The van der Waals surface area contributed by atoms with Gasteiger partial charge < -0.3 is 14.8 Å². The van der Waals surface area contributed by atoms with E-state index in [1.807, 2.05) is 49.4 Å². The van der Waals surface area contributed by atoms with Crippen LogP contribution in [0.1, 0.15) is 22.5 Å². The first-order valence-electron chi connectivity index (χ1n) is 9.07. The number of benzene rings is 2. The van der Waals surface area contributed by atoms with Crippen LogP contribution < -0.4 is 10.1 Å². The molecule has 1 aliphatic rings. The normalized spacial score (nSPS) is 16.1. The number of nitrogens with one attached hydrogen (secondary N) is 1. The van der Waals surface area contributed by atoms with Crippen molar-refractivity contribution < 1.29 is 14.3 Å². The second-order valence-electron chi connectivity index (χ2n) is 6.64. The fraction of sp³-hybridized carbons (Fsp3) is 0.238. The zero-order valence-electron chi connectivity index (χ0n) is 15.4. The highest BCUT2D eigenvalue weighted by Gasteiger charge is 2.18. The zero-order valence-corrected chi connectivity index (χ0v) is 16.1. The zero-order chi connectivity index (χ0) is 19.5. The molecule has 0 radical (unpaired) electrons. The second-order valence-corrected chi connectivity index (χ2v) is 7.05. The van der Waals surface area contributed by atoms with Gasteiger partial charge in [0, 0.05) is 23.9 Å². The van der Waals surface area contributed by atoms with Gasteiger partial charge in [0.2, 0.25) is 0 Å². The predicted molar refractivity (Wildman–Crippen MR) is 108 cm³/mol. The Kier molecular flexibility index (Phi) is 5.32. The van der Waals surface area contributed by atoms with E-state index in [2.05, 4.69) is 10.4 Å². The van der Waals surface area contributed by atoms with Crippen molar-refractivity contribution in [2.24, 2.45) is 0 Å². The van der Waals surface area contributed by atoms with Crippen LogP contribution in [-0.2, 0) is 4.74 Å². The predicted octanol–water partition coefficient (Wildman–Crippen LogP) is 4.25. The molecule has 0 saturated carbocycles. The van der Waals surface area contributed by atoms with Gasteiger partial charge in [0.05, 0.1) is 23.9 Å². The highest BCUT2D eigenvalue weighted by atomic mass is 35.5. The molecule has 6 nitrogen and oxygen atoms in total. The Morgan fingerprint density at radius 1 is 1.25 bits per heavy atom. The molecule has 0 bridgehead atoms. The fourth-order valence-electron chi connectivity index (χ4n) is 3.05. The molecule has 144 valence electrons. The molecule has 0 spiro atoms. The summed E-state index contributed by atoms with van der Waals surface area (Å²) in [5.74, 6) is 0.480. The summed E-state index contributed by atoms with van der Waals surface area (Å²) >= 11 is 6.22. The van der Waals surface area contributed by atoms with Crippen LogP contribution in [0.15, 0.2) is 54.7 Å². The van der Waals surface area contributed by atoms with Crippen molar-refractivity contribution in [3.63, 3.8) is 0 Å². The van der Waals surface area contributed by atoms with E-state index in [0.29, 0.717) is 23.0 Å². The van der Waals surface area contributed by atoms with Crippen LogP contribution >= 0.6 is 11.6 Å². The van der Waals surface area contributed by atoms with E-state index < -0.39 is 0 Å². The van der Waals surface area contributed by atoms with Crippen molar-refractivity contribution >= 4 is 23.2 Å². The number of carbonyl (C=O) groups is 1. The maximum Gasteiger partial charge on any atom is 0.276 e. The summed E-state index contributed by atoms with van der Waals surface area (Å²) in [6.07, 6.45) is 2.78. The first kappa shape index (κ1) is 18.5. The van der Waals surface area contributed by atoms with Gasteiger partial charge in [-0.25, -0.2) is 4.68 Å². The molecule has 7 heteroatoms. The van der Waals surface area contributed by atoms with E-state index in [4.69, 9.17) is 21.1 Å². The lowest BCUT2D eigenvalue weighted by Crippen LogP contribution is -2.16. The van der Waals surface area contributed by atoms with Crippen LogP contribution in [0.5, 0.6) is 5.75 Å². The van der Waals surface area contributed by atoms with Crippen LogP contribution in [0.25, 0.3) is 5.69 Å². The number of nitrogens with zero attached hydrogens (tertiary/aromatic N) is 2. The molecule has 2 aromatic carbocycles. The van der Waals surface area contributed by atoms with Gasteiger partial charge in [0.15, 0.2) is 5.69 Å². The molecular weight excluding hydrogens is 378 g/mol. The Balaban J connectivity index is 1.45. The number of ether oxygens (including phenoxy) is 2. The summed E-state index contributed by atoms with van der Waals surface area (Å²) in [6.45, 7) is 3.20. The number of aromatic nitrogens is 2. The number of amides is 1. The molecule has 2 heterocycles. The Morgan fingerprint density at radius 3 is 2.75 bits per heavy atom. The minimum atomic E-state index is -0.277. The lowest BCUT2D eigenvalue weighted by atomic mass is 10.2. The summed E-state index contributed by atoms with van der Waals surface area (Å²) in [6, 6.07) is 14.7. The topological polar surface area (TPSA) is 65.4 Å². The van der Waals surface area contributed by atoms with Gasteiger partial charge in [-0.05, 0) is 43.3 Å². The molecule has 1 atom stereocenters. The van der Waals surface area contributed by atoms with Crippen molar-refractivity contribution in [2.75, 3.05) is 18.5 Å². The van der Waals surface area contributed by atoms with E-state index in [-0.39, 0.29) is 12.0 Å². The van der Waals surface area contributed by atoms with E-state index in [1.54, 1.807) is 16.9 Å². The standard InChI is InChI=1S/C21H20ClN3O3/c1-14-12-25(19-5-3-2-4-18(19)22)24-20(14)21(26)23-15-6-8-16(9-7-15)28-17-10-11-27-13-17/h2-9,12,17H,10-11,13H2,1H3,(H,23,26)/t17-/m1/s1. The van der Waals surface area contributed by atoms with Crippen LogP contribution in [0.3, 0.4) is 0 Å². The summed E-state index contributed by atoms with van der Waals surface area (Å²) in [5, 5.41) is 7.85. The summed E-state index contributed by atoms with van der Waals surface area (Å²) in [5.41, 5.74) is 2.51. The summed E-state index contributed by atoms with van der Waals surface area (Å²) < 4.78 is 12.8. The molecule has 1 saturated heterocycles. The average molecular weight is 398 g/mol. The number of anilines is 1. The van der Waals surface area contributed by atoms with E-state index in [9.17, 15) is 4.79 Å². The molecule has 28 heavy (non-hydrogen) atoms. The maximum absolute atomic E-state index is 12.7. The lowest BCUT2D eigenvalue weighted by Gasteiger charge is -2.12. The maximum atomic E-state index is 12.7. The van der Waals surface area contributed by atoms with Crippen LogP contribution in [0, 0.1) is 6.92 Å². The monoisotopic (exact) mass is 397 g/mol. The first-order chi connectivity index (χ1) is 13.6. The van der Waals surface area contributed by atoms with E-state index in [0.717, 1.165) is 30.0 Å². The third-order valence-corrected chi connectivity index (χ3v) is 4.83. The van der Waals surface area contributed by atoms with Gasteiger partial charge in [-0.3, -0.25) is 4.79 Å². The number of hydrogen-bond acceptors (Lipinski definition) is 4. The van der Waals surface area contributed by atoms with Gasteiger partial charge >= 0.3 is 0 Å². The van der Waals surface area contributed by atoms with Crippen molar-refractivity contribution in [3.8, 4) is 11.4 Å². The van der Waals surface area contributed by atoms with Gasteiger partial charge in [0.25, 0.3) is 5.91 Å². The van der Waals surface area contributed by atoms with Crippen LogP contribution in [-0.4, -0.2) is 35.0 Å². The number of para-hydroxylation sites is 1. The van der Waals surface area contributed by atoms with Gasteiger partial charge in [-0.1, -0.05) is 23.7 Å². The molecule has 1 fully saturated rings. The minimum Gasteiger partial charge on any atom is -0.488 e. The van der Waals surface area contributed by atoms with E-state index >= 15 is 0 Å². The Morgan fingerprint density at radius 2 is 2.04 bits per heavy atom. The number of halogens is 1. The largest absolute Gasteiger partial charge is 0.488 e. The molecule has 1 amide bonds. The Hall–Kier alpha value is -2.83. The van der Waals surface area contributed by atoms with Crippen LogP contribution in [0.2, 0.25) is 5.02 Å². The molecule has 0 aliphatic carbocycles. The molecule has 3 aromatic rings. The lowest BCUT2D eigenvalue weighted by molar-refractivity contribution is 0.102. The van der Waals surface area contributed by atoms with Gasteiger partial charge in [0.1, 0.15) is 11.9 Å². The Bertz CT molecular complexity index is 979.